The van der Waals surface area contributed by atoms with Crippen molar-refractivity contribution in [3.05, 3.63) is 0 Å². The minimum absolute atomic E-state index is 0.127. The highest BCUT2D eigenvalue weighted by atomic mass is 19.1. The van der Waals surface area contributed by atoms with Crippen molar-refractivity contribution in [2.75, 3.05) is 26.3 Å². The van der Waals surface area contributed by atoms with Crippen LogP contribution in [-0.4, -0.2) is 42.3 Å². The van der Waals surface area contributed by atoms with Gasteiger partial charge in [0.25, 0.3) is 0 Å². The van der Waals surface area contributed by atoms with Gasteiger partial charge in [0.2, 0.25) is 0 Å². The molecule has 3 nitrogen and oxygen atoms in total. The Morgan fingerprint density at radius 2 is 2.38 bits per heavy atom. The average Bonchev–Trinajstić information content (AvgIpc) is 2.15. The van der Waals surface area contributed by atoms with Gasteiger partial charge in [0.05, 0.1) is 13.1 Å². The van der Waals surface area contributed by atoms with E-state index in [1.807, 2.05) is 4.90 Å². The standard InChI is InChI=1S/C9H16FNO2/c10-6-8-2-1-4-11(7-8)5-3-9(12)13/h8H,1-7H2,(H,12,13)/t8-/m0/s1. The second-order valence-corrected chi connectivity index (χ2v) is 3.61. The van der Waals surface area contributed by atoms with Gasteiger partial charge in [-0.1, -0.05) is 0 Å². The van der Waals surface area contributed by atoms with Gasteiger partial charge in [0.1, 0.15) is 0 Å². The first kappa shape index (κ1) is 10.4. The van der Waals surface area contributed by atoms with Crippen molar-refractivity contribution in [2.45, 2.75) is 19.3 Å². The Morgan fingerprint density at radius 3 is 3.00 bits per heavy atom. The molecular formula is C9H16FNO2. The number of carboxylic acids is 1. The molecule has 76 valence electrons. The fourth-order valence-corrected chi connectivity index (χ4v) is 1.73. The van der Waals surface area contributed by atoms with E-state index in [2.05, 4.69) is 0 Å². The molecule has 4 heteroatoms. The van der Waals surface area contributed by atoms with E-state index in [1.54, 1.807) is 0 Å². The Bertz CT molecular complexity index is 175. The molecule has 13 heavy (non-hydrogen) atoms. The van der Waals surface area contributed by atoms with Gasteiger partial charge >= 0.3 is 5.97 Å². The van der Waals surface area contributed by atoms with Crippen molar-refractivity contribution in [1.82, 2.24) is 4.90 Å². The van der Waals surface area contributed by atoms with E-state index in [0.29, 0.717) is 6.54 Å². The molecule has 1 heterocycles. The molecule has 1 rings (SSSR count). The molecule has 0 amide bonds. The number of carbonyl (C=O) groups is 1. The molecule has 0 spiro atoms. The Labute approximate surface area is 77.5 Å². The number of piperidine rings is 1. The van der Waals surface area contributed by atoms with E-state index < -0.39 is 5.97 Å². The van der Waals surface area contributed by atoms with E-state index >= 15 is 0 Å². The molecular weight excluding hydrogens is 173 g/mol. The molecule has 0 aliphatic carbocycles. The molecule has 0 aromatic rings. The third kappa shape index (κ3) is 3.72. The van der Waals surface area contributed by atoms with Crippen molar-refractivity contribution < 1.29 is 14.3 Å². The smallest absolute Gasteiger partial charge is 0.304 e. The number of nitrogens with zero attached hydrogens (tertiary/aromatic N) is 1. The predicted molar refractivity (Wildman–Crippen MR) is 47.4 cm³/mol. The normalized spacial score (nSPS) is 24.5. The van der Waals surface area contributed by atoms with Gasteiger partial charge in [-0.15, -0.1) is 0 Å². The summed E-state index contributed by atoms with van der Waals surface area (Å²) in [4.78, 5) is 12.3. The van der Waals surface area contributed by atoms with Gasteiger partial charge in [-0.3, -0.25) is 9.18 Å². The molecule has 1 aliphatic rings. The Balaban J connectivity index is 2.21. The van der Waals surface area contributed by atoms with Gasteiger partial charge in [-0.25, -0.2) is 0 Å². The first-order valence-electron chi connectivity index (χ1n) is 4.72. The third-order valence-electron chi connectivity index (χ3n) is 2.46. The van der Waals surface area contributed by atoms with Crippen LogP contribution in [0.3, 0.4) is 0 Å². The summed E-state index contributed by atoms with van der Waals surface area (Å²) in [5.41, 5.74) is 0. The SMILES string of the molecule is O=C(O)CCN1CCC[C@@H](CF)C1. The molecule has 1 saturated heterocycles. The van der Waals surface area contributed by atoms with Gasteiger partial charge in [-0.05, 0) is 19.4 Å². The lowest BCUT2D eigenvalue weighted by molar-refractivity contribution is -0.137. The van der Waals surface area contributed by atoms with Crippen LogP contribution < -0.4 is 0 Å². The van der Waals surface area contributed by atoms with E-state index in [1.165, 1.54) is 0 Å². The van der Waals surface area contributed by atoms with Gasteiger partial charge in [-0.2, -0.15) is 0 Å². The number of rotatable bonds is 4. The summed E-state index contributed by atoms with van der Waals surface area (Å²) in [6, 6.07) is 0. The van der Waals surface area contributed by atoms with Crippen LogP contribution in [0.4, 0.5) is 4.39 Å². The third-order valence-corrected chi connectivity index (χ3v) is 2.46. The van der Waals surface area contributed by atoms with Crippen molar-refractivity contribution >= 4 is 5.97 Å². The minimum Gasteiger partial charge on any atom is -0.481 e. The van der Waals surface area contributed by atoms with Crippen LogP contribution in [0.5, 0.6) is 0 Å². The molecule has 0 radical (unpaired) electrons. The van der Waals surface area contributed by atoms with E-state index in [0.717, 1.165) is 25.9 Å². The van der Waals surface area contributed by atoms with Crippen LogP contribution in [0.25, 0.3) is 0 Å². The van der Waals surface area contributed by atoms with E-state index in [4.69, 9.17) is 5.11 Å². The van der Waals surface area contributed by atoms with Crippen molar-refractivity contribution in [1.29, 1.82) is 0 Å². The average molecular weight is 189 g/mol. The second-order valence-electron chi connectivity index (χ2n) is 3.61. The highest BCUT2D eigenvalue weighted by Crippen LogP contribution is 2.16. The lowest BCUT2D eigenvalue weighted by atomic mass is 9.99. The Morgan fingerprint density at radius 1 is 1.62 bits per heavy atom. The number of halogens is 1. The van der Waals surface area contributed by atoms with Crippen LogP contribution in [0.1, 0.15) is 19.3 Å². The summed E-state index contributed by atoms with van der Waals surface area (Å²) >= 11 is 0. The van der Waals surface area contributed by atoms with Gasteiger partial charge in [0, 0.05) is 19.0 Å². The topological polar surface area (TPSA) is 40.5 Å². The highest BCUT2D eigenvalue weighted by molar-refractivity contribution is 5.66. The molecule has 1 aliphatic heterocycles. The molecule has 0 saturated carbocycles. The Hall–Kier alpha value is -0.640. The van der Waals surface area contributed by atoms with Crippen molar-refractivity contribution in [2.24, 2.45) is 5.92 Å². The number of alkyl halides is 1. The van der Waals surface area contributed by atoms with Crippen LogP contribution in [0.2, 0.25) is 0 Å². The fourth-order valence-electron chi connectivity index (χ4n) is 1.73. The lowest BCUT2D eigenvalue weighted by Gasteiger charge is -2.30. The first-order valence-corrected chi connectivity index (χ1v) is 4.72. The van der Waals surface area contributed by atoms with Crippen LogP contribution in [0, 0.1) is 5.92 Å². The molecule has 1 atom stereocenters. The van der Waals surface area contributed by atoms with Gasteiger partial charge < -0.3 is 10.0 Å². The minimum atomic E-state index is -0.776. The van der Waals surface area contributed by atoms with Crippen LogP contribution in [-0.2, 0) is 4.79 Å². The zero-order valence-electron chi connectivity index (χ0n) is 7.71. The maximum atomic E-state index is 12.3. The molecule has 0 aromatic carbocycles. The van der Waals surface area contributed by atoms with Crippen LogP contribution in [0.15, 0.2) is 0 Å². The summed E-state index contributed by atoms with van der Waals surface area (Å²) in [5.74, 6) is -0.648. The second kappa shape index (κ2) is 5.17. The van der Waals surface area contributed by atoms with E-state index in [-0.39, 0.29) is 19.0 Å². The van der Waals surface area contributed by atoms with Gasteiger partial charge in [0.15, 0.2) is 0 Å². The maximum absolute atomic E-state index is 12.3. The largest absolute Gasteiger partial charge is 0.481 e. The maximum Gasteiger partial charge on any atom is 0.304 e. The van der Waals surface area contributed by atoms with E-state index in [9.17, 15) is 9.18 Å². The molecule has 1 N–H and O–H groups in total. The highest BCUT2D eigenvalue weighted by Gasteiger charge is 2.19. The number of aliphatic carboxylic acids is 1. The number of carboxylic acid groups (broad SMARTS) is 1. The Kier molecular flexibility index (Phi) is 4.15. The number of likely N-dealkylation sites (tertiary alicyclic amines) is 1. The fraction of sp³-hybridized carbons (Fsp3) is 0.889. The van der Waals surface area contributed by atoms with Crippen molar-refractivity contribution in [3.8, 4) is 0 Å². The summed E-state index contributed by atoms with van der Waals surface area (Å²) in [6.07, 6.45) is 2.10. The summed E-state index contributed by atoms with van der Waals surface area (Å²) < 4.78 is 12.3. The summed E-state index contributed by atoms with van der Waals surface area (Å²) in [6.45, 7) is 1.93. The van der Waals surface area contributed by atoms with Crippen LogP contribution >= 0.6 is 0 Å². The zero-order valence-corrected chi connectivity index (χ0v) is 7.71. The molecule has 0 bridgehead atoms. The molecule has 1 fully saturated rings. The lowest BCUT2D eigenvalue weighted by Crippen LogP contribution is -2.37. The zero-order chi connectivity index (χ0) is 9.68. The monoisotopic (exact) mass is 189 g/mol. The summed E-state index contributed by atoms with van der Waals surface area (Å²) in [5, 5.41) is 8.47. The van der Waals surface area contributed by atoms with Crippen molar-refractivity contribution in [3.63, 3.8) is 0 Å². The molecule has 0 aromatic heterocycles. The number of hydrogen-bond donors (Lipinski definition) is 1. The summed E-state index contributed by atoms with van der Waals surface area (Å²) in [7, 11) is 0. The first-order chi connectivity index (χ1) is 6.22. The molecule has 0 unspecified atom stereocenters. The quantitative estimate of drug-likeness (QED) is 0.721. The predicted octanol–water partition coefficient (Wildman–Crippen LogP) is 1.14. The number of hydrogen-bond acceptors (Lipinski definition) is 2.